The molecule has 1 N–H and O–H groups in total. The van der Waals surface area contributed by atoms with Crippen molar-refractivity contribution >= 4 is 50.5 Å². The Hall–Kier alpha value is -3.51. The summed E-state index contributed by atoms with van der Waals surface area (Å²) in [4.78, 5) is 19.6. The maximum atomic E-state index is 13.9. The first-order valence-electron chi connectivity index (χ1n) is 11.7. The van der Waals surface area contributed by atoms with Gasteiger partial charge >= 0.3 is 6.03 Å². The van der Waals surface area contributed by atoms with E-state index in [1.165, 1.54) is 12.1 Å². The normalized spacial score (nSPS) is 13.6. The number of nitrogens with one attached hydrogen (secondary N) is 1. The second-order valence-electron chi connectivity index (χ2n) is 8.81. The fourth-order valence-electron chi connectivity index (χ4n) is 4.65. The molecule has 0 unspecified atom stereocenters. The molecule has 1 aliphatic heterocycles. The molecule has 1 aliphatic rings. The van der Waals surface area contributed by atoms with E-state index in [2.05, 4.69) is 37.2 Å². The van der Waals surface area contributed by atoms with E-state index in [0.29, 0.717) is 30.4 Å². The maximum Gasteiger partial charge on any atom is 0.326 e. The van der Waals surface area contributed by atoms with E-state index in [9.17, 15) is 9.18 Å². The van der Waals surface area contributed by atoms with E-state index in [1.807, 2.05) is 36.4 Å². The van der Waals surface area contributed by atoms with Gasteiger partial charge in [0.2, 0.25) is 0 Å². The SMILES string of the molecule is N#Cc1ccc(/C=C/CN2CCc3c(c4cc(Br)ccc4n3C(=O)NCc3ccnc(Cl)c3)C2)cc1F. The van der Waals surface area contributed by atoms with E-state index < -0.39 is 5.82 Å². The first kappa shape index (κ1) is 25.2. The van der Waals surface area contributed by atoms with Crippen LogP contribution < -0.4 is 5.32 Å². The highest BCUT2D eigenvalue weighted by molar-refractivity contribution is 9.10. The van der Waals surface area contributed by atoms with Crippen molar-refractivity contribution < 1.29 is 9.18 Å². The summed E-state index contributed by atoms with van der Waals surface area (Å²) >= 11 is 9.55. The molecule has 0 saturated heterocycles. The lowest BCUT2D eigenvalue weighted by Crippen LogP contribution is -2.34. The zero-order chi connectivity index (χ0) is 25.9. The average Bonchev–Trinajstić information content (AvgIpc) is 3.20. The molecule has 0 bridgehead atoms. The third-order valence-electron chi connectivity index (χ3n) is 6.41. The molecule has 0 saturated carbocycles. The number of hydrogen-bond acceptors (Lipinski definition) is 4. The Morgan fingerprint density at radius 2 is 2.11 bits per heavy atom. The smallest absolute Gasteiger partial charge is 0.326 e. The van der Waals surface area contributed by atoms with Crippen LogP contribution in [0.1, 0.15) is 27.9 Å². The first-order valence-corrected chi connectivity index (χ1v) is 12.9. The third kappa shape index (κ3) is 5.44. The molecule has 2 aromatic heterocycles. The zero-order valence-electron chi connectivity index (χ0n) is 19.7. The Balaban J connectivity index is 1.35. The monoisotopic (exact) mass is 577 g/mol. The number of nitrogens with zero attached hydrogens (tertiary/aromatic N) is 4. The quantitative estimate of drug-likeness (QED) is 0.282. The maximum absolute atomic E-state index is 13.9. The zero-order valence-corrected chi connectivity index (χ0v) is 22.1. The Labute approximate surface area is 227 Å². The predicted molar refractivity (Wildman–Crippen MR) is 146 cm³/mol. The number of amides is 1. The number of hydrogen-bond donors (Lipinski definition) is 1. The van der Waals surface area contributed by atoms with Crippen molar-refractivity contribution in [2.45, 2.75) is 19.5 Å². The van der Waals surface area contributed by atoms with Gasteiger partial charge in [0.15, 0.2) is 0 Å². The number of benzene rings is 2. The molecule has 37 heavy (non-hydrogen) atoms. The number of nitriles is 1. The van der Waals surface area contributed by atoms with Gasteiger partial charge in [0.05, 0.1) is 11.1 Å². The van der Waals surface area contributed by atoms with Crippen LogP contribution >= 0.6 is 27.5 Å². The fourth-order valence-corrected chi connectivity index (χ4v) is 5.20. The van der Waals surface area contributed by atoms with Crippen LogP contribution in [0.3, 0.4) is 0 Å². The van der Waals surface area contributed by atoms with E-state index in [1.54, 1.807) is 22.9 Å². The molecule has 0 atom stereocenters. The Kier molecular flexibility index (Phi) is 7.38. The Morgan fingerprint density at radius 1 is 1.24 bits per heavy atom. The topological polar surface area (TPSA) is 74.0 Å². The van der Waals surface area contributed by atoms with Gasteiger partial charge in [-0.05, 0) is 59.2 Å². The highest BCUT2D eigenvalue weighted by atomic mass is 79.9. The highest BCUT2D eigenvalue weighted by Crippen LogP contribution is 2.33. The fraction of sp³-hybridized carbons (Fsp3) is 0.179. The minimum atomic E-state index is -0.518. The van der Waals surface area contributed by atoms with Crippen LogP contribution in [0.4, 0.5) is 9.18 Å². The van der Waals surface area contributed by atoms with Gasteiger partial charge in [-0.15, -0.1) is 0 Å². The molecule has 1 amide bonds. The average molecular weight is 579 g/mol. The van der Waals surface area contributed by atoms with Crippen LogP contribution in [0.15, 0.2) is 65.3 Å². The van der Waals surface area contributed by atoms with E-state index >= 15 is 0 Å². The number of aromatic nitrogens is 2. The van der Waals surface area contributed by atoms with E-state index in [4.69, 9.17) is 16.9 Å². The minimum Gasteiger partial charge on any atom is -0.333 e. The standard InChI is InChI=1S/C28H22BrClFN5O/c29-21-5-6-25-22(14-21)23-17-35(10-1-2-18-3-4-20(15-32)24(31)12-18)11-8-26(23)36(25)28(37)34-16-19-7-9-33-27(30)13-19/h1-7,9,12-14H,8,10-11,16-17H2,(H,34,37)/b2-1+. The molecule has 2 aromatic carbocycles. The first-order chi connectivity index (χ1) is 17.9. The summed E-state index contributed by atoms with van der Waals surface area (Å²) in [6, 6.07) is 15.8. The van der Waals surface area contributed by atoms with E-state index in [-0.39, 0.29) is 11.6 Å². The molecule has 0 fully saturated rings. The van der Waals surface area contributed by atoms with Crippen LogP contribution in [0.2, 0.25) is 5.15 Å². The van der Waals surface area contributed by atoms with Gasteiger partial charge in [-0.2, -0.15) is 5.26 Å². The van der Waals surface area contributed by atoms with Crippen molar-refractivity contribution in [3.8, 4) is 6.07 Å². The number of rotatable bonds is 5. The summed E-state index contributed by atoms with van der Waals surface area (Å²) in [5.74, 6) is -0.518. The van der Waals surface area contributed by atoms with E-state index in [0.717, 1.165) is 45.2 Å². The summed E-state index contributed by atoms with van der Waals surface area (Å²) in [7, 11) is 0. The summed E-state index contributed by atoms with van der Waals surface area (Å²) < 4.78 is 16.6. The van der Waals surface area contributed by atoms with Gasteiger partial charge in [-0.25, -0.2) is 14.2 Å². The number of carbonyl (C=O) groups excluding carboxylic acids is 1. The van der Waals surface area contributed by atoms with Gasteiger partial charge in [0.25, 0.3) is 0 Å². The van der Waals surface area contributed by atoms with Gasteiger partial charge in [-0.3, -0.25) is 9.47 Å². The molecule has 4 aromatic rings. The van der Waals surface area contributed by atoms with Gasteiger partial charge < -0.3 is 5.32 Å². The Bertz CT molecular complexity index is 1580. The van der Waals surface area contributed by atoms with Crippen molar-refractivity contribution in [2.75, 3.05) is 13.1 Å². The highest BCUT2D eigenvalue weighted by Gasteiger charge is 2.26. The lowest BCUT2D eigenvalue weighted by Gasteiger charge is -2.27. The molecule has 9 heteroatoms. The molecule has 3 heterocycles. The molecule has 5 rings (SSSR count). The van der Waals surface area contributed by atoms with Gasteiger partial charge in [0, 0.05) is 54.3 Å². The number of halogens is 3. The van der Waals surface area contributed by atoms with Gasteiger partial charge in [-0.1, -0.05) is 45.7 Å². The van der Waals surface area contributed by atoms with Crippen LogP contribution in [0.5, 0.6) is 0 Å². The lowest BCUT2D eigenvalue weighted by molar-refractivity contribution is 0.240. The summed E-state index contributed by atoms with van der Waals surface area (Å²) in [5, 5.41) is 13.3. The minimum absolute atomic E-state index is 0.0388. The number of pyridine rings is 1. The predicted octanol–water partition coefficient (Wildman–Crippen LogP) is 6.29. The largest absolute Gasteiger partial charge is 0.333 e. The number of carbonyl (C=O) groups is 1. The van der Waals surface area contributed by atoms with Crippen molar-refractivity contribution in [1.82, 2.24) is 19.8 Å². The summed E-state index contributed by atoms with van der Waals surface area (Å²) in [6.07, 6.45) is 6.19. The molecule has 0 spiro atoms. The molecule has 0 aliphatic carbocycles. The molecule has 6 nitrogen and oxygen atoms in total. The third-order valence-corrected chi connectivity index (χ3v) is 7.11. The van der Waals surface area contributed by atoms with Crippen molar-refractivity contribution in [2.24, 2.45) is 0 Å². The van der Waals surface area contributed by atoms with Crippen molar-refractivity contribution in [3.63, 3.8) is 0 Å². The summed E-state index contributed by atoms with van der Waals surface area (Å²) in [6.45, 7) is 2.49. The molecule has 0 radical (unpaired) electrons. The van der Waals surface area contributed by atoms with Crippen LogP contribution in [-0.2, 0) is 19.5 Å². The number of fused-ring (bicyclic) bond motifs is 3. The van der Waals surface area contributed by atoms with Crippen LogP contribution in [0.25, 0.3) is 17.0 Å². The second-order valence-corrected chi connectivity index (χ2v) is 10.1. The van der Waals surface area contributed by atoms with Crippen molar-refractivity contribution in [3.05, 3.63) is 104 Å². The van der Waals surface area contributed by atoms with Crippen molar-refractivity contribution in [1.29, 1.82) is 5.26 Å². The summed E-state index contributed by atoms with van der Waals surface area (Å²) in [5.41, 5.74) is 4.62. The molecule has 186 valence electrons. The second kappa shape index (κ2) is 10.9. The Morgan fingerprint density at radius 3 is 2.89 bits per heavy atom. The van der Waals surface area contributed by atoms with Gasteiger partial charge in [0.1, 0.15) is 17.0 Å². The lowest BCUT2D eigenvalue weighted by atomic mass is 10.0. The van der Waals surface area contributed by atoms with Crippen LogP contribution in [0, 0.1) is 17.1 Å². The molecular weight excluding hydrogens is 557 g/mol. The van der Waals surface area contributed by atoms with Crippen LogP contribution in [-0.4, -0.2) is 33.6 Å². The molecular formula is C28H22BrClFN5O.